The van der Waals surface area contributed by atoms with Crippen LogP contribution < -0.4 is 0 Å². The molecule has 1 rings (SSSR count). The van der Waals surface area contributed by atoms with Crippen LogP contribution in [-0.4, -0.2) is 13.0 Å². The Morgan fingerprint density at radius 1 is 0.696 bits per heavy atom. The largest absolute Gasteiger partial charge is 0.294 e. The summed E-state index contributed by atoms with van der Waals surface area (Å²) in [6.07, 6.45) is 15.9. The minimum absolute atomic E-state index is 0.0741. The Bertz CT molecular complexity index is 445. The third-order valence-electron chi connectivity index (χ3n) is 3.75. The van der Waals surface area contributed by atoms with Crippen molar-refractivity contribution in [2.75, 3.05) is 0 Å². The normalized spacial score (nSPS) is 10.9. The number of benzene rings is 1. The summed E-state index contributed by atoms with van der Waals surface area (Å²) in [5.41, 5.74) is 0. The molecule has 23 heavy (non-hydrogen) atoms. The first-order valence-electron chi connectivity index (χ1n) is 9.04. The topological polar surface area (TPSA) is 54.4 Å². The summed E-state index contributed by atoms with van der Waals surface area (Å²) < 4.78 is 29.2. The fraction of sp³-hybridized carbons (Fsp3) is 0.684. The molecule has 4 heteroatoms. The molecule has 0 atom stereocenters. The molecule has 0 saturated carbocycles. The minimum Gasteiger partial charge on any atom is -0.282 e. The summed E-state index contributed by atoms with van der Waals surface area (Å²) in [7, 11) is -4.00. The van der Waals surface area contributed by atoms with Gasteiger partial charge in [-0.05, 0) is 12.1 Å². The Balaban J connectivity index is 0.000000433. The SMILES string of the molecule is CCCCCCCCCCCCC.O=S(=O)(O)c1ccccc1. The second-order valence-electron chi connectivity index (χ2n) is 5.97. The van der Waals surface area contributed by atoms with E-state index in [1.807, 2.05) is 0 Å². The van der Waals surface area contributed by atoms with E-state index in [0.717, 1.165) is 0 Å². The standard InChI is InChI=1S/C13H28.C6H6O3S/c1-3-5-7-9-11-13-12-10-8-6-4-2;7-10(8,9)6-4-2-1-3-5-6/h3-13H2,1-2H3;1-5H,(H,7,8,9). The van der Waals surface area contributed by atoms with Gasteiger partial charge in [0.15, 0.2) is 0 Å². The number of hydrogen-bond donors (Lipinski definition) is 1. The zero-order valence-electron chi connectivity index (χ0n) is 14.8. The van der Waals surface area contributed by atoms with Gasteiger partial charge in [-0.25, -0.2) is 0 Å². The maximum atomic E-state index is 10.4. The number of unbranched alkanes of at least 4 members (excludes halogenated alkanes) is 10. The van der Waals surface area contributed by atoms with Gasteiger partial charge in [0.25, 0.3) is 10.1 Å². The number of hydrogen-bond acceptors (Lipinski definition) is 2. The average Bonchev–Trinajstić information content (AvgIpc) is 2.54. The van der Waals surface area contributed by atoms with Gasteiger partial charge in [0.1, 0.15) is 0 Å². The molecule has 0 radical (unpaired) electrons. The highest BCUT2D eigenvalue weighted by molar-refractivity contribution is 7.85. The van der Waals surface area contributed by atoms with Crippen LogP contribution in [0.5, 0.6) is 0 Å². The molecule has 0 aromatic heterocycles. The molecule has 0 fully saturated rings. The van der Waals surface area contributed by atoms with Crippen molar-refractivity contribution in [3.8, 4) is 0 Å². The van der Waals surface area contributed by atoms with Gasteiger partial charge in [-0.1, -0.05) is 103 Å². The summed E-state index contributed by atoms with van der Waals surface area (Å²) in [6, 6.07) is 7.42. The second-order valence-corrected chi connectivity index (χ2v) is 7.39. The van der Waals surface area contributed by atoms with Crippen LogP contribution in [0.25, 0.3) is 0 Å². The molecule has 0 unspecified atom stereocenters. The molecule has 3 nitrogen and oxygen atoms in total. The van der Waals surface area contributed by atoms with Crippen molar-refractivity contribution in [1.29, 1.82) is 0 Å². The zero-order chi connectivity index (χ0) is 17.4. The van der Waals surface area contributed by atoms with E-state index in [1.54, 1.807) is 18.2 Å². The van der Waals surface area contributed by atoms with Crippen LogP contribution in [0.2, 0.25) is 0 Å². The summed E-state index contributed by atoms with van der Waals surface area (Å²) in [4.78, 5) is -0.0741. The summed E-state index contributed by atoms with van der Waals surface area (Å²) >= 11 is 0. The molecule has 1 N–H and O–H groups in total. The molecule has 0 saturated heterocycles. The maximum Gasteiger partial charge on any atom is 0.294 e. The van der Waals surface area contributed by atoms with Gasteiger partial charge in [0.05, 0.1) is 4.90 Å². The van der Waals surface area contributed by atoms with Gasteiger partial charge in [-0.15, -0.1) is 0 Å². The minimum atomic E-state index is -4.00. The van der Waals surface area contributed by atoms with Crippen LogP contribution in [0.1, 0.15) is 84.5 Å². The molecule has 0 heterocycles. The number of rotatable bonds is 11. The van der Waals surface area contributed by atoms with E-state index in [0.29, 0.717) is 0 Å². The van der Waals surface area contributed by atoms with Crippen molar-refractivity contribution in [2.45, 2.75) is 89.4 Å². The summed E-state index contributed by atoms with van der Waals surface area (Å²) in [5.74, 6) is 0. The van der Waals surface area contributed by atoms with Crippen LogP contribution >= 0.6 is 0 Å². The van der Waals surface area contributed by atoms with Crippen LogP contribution in [0, 0.1) is 0 Å². The van der Waals surface area contributed by atoms with E-state index >= 15 is 0 Å². The molecule has 1 aromatic carbocycles. The van der Waals surface area contributed by atoms with Gasteiger partial charge in [0.2, 0.25) is 0 Å². The molecule has 0 bridgehead atoms. The van der Waals surface area contributed by atoms with Gasteiger partial charge < -0.3 is 0 Å². The van der Waals surface area contributed by atoms with Crippen LogP contribution in [-0.2, 0) is 10.1 Å². The van der Waals surface area contributed by atoms with Crippen molar-refractivity contribution < 1.29 is 13.0 Å². The van der Waals surface area contributed by atoms with E-state index in [4.69, 9.17) is 4.55 Å². The molecule has 134 valence electrons. The van der Waals surface area contributed by atoms with Crippen molar-refractivity contribution >= 4 is 10.1 Å². The van der Waals surface area contributed by atoms with E-state index in [1.165, 1.54) is 82.8 Å². The Kier molecular flexibility index (Phi) is 14.1. The molecule has 0 amide bonds. The van der Waals surface area contributed by atoms with Crippen LogP contribution in [0.3, 0.4) is 0 Å². The quantitative estimate of drug-likeness (QED) is 0.382. The Morgan fingerprint density at radius 3 is 1.30 bits per heavy atom. The molecule has 0 spiro atoms. The molecular weight excluding hydrogens is 308 g/mol. The van der Waals surface area contributed by atoms with Gasteiger partial charge in [0, 0.05) is 0 Å². The predicted octanol–water partition coefficient (Wildman–Crippen LogP) is 6.25. The lowest BCUT2D eigenvalue weighted by atomic mass is 10.1. The van der Waals surface area contributed by atoms with Crippen molar-refractivity contribution in [1.82, 2.24) is 0 Å². The zero-order valence-corrected chi connectivity index (χ0v) is 15.7. The lowest BCUT2D eigenvalue weighted by Gasteiger charge is -2.00. The predicted molar refractivity (Wildman–Crippen MR) is 98.4 cm³/mol. The average molecular weight is 343 g/mol. The van der Waals surface area contributed by atoms with E-state index in [-0.39, 0.29) is 4.90 Å². The smallest absolute Gasteiger partial charge is 0.282 e. The first-order valence-corrected chi connectivity index (χ1v) is 10.5. The third kappa shape index (κ3) is 14.5. The molecule has 0 aliphatic heterocycles. The van der Waals surface area contributed by atoms with Crippen molar-refractivity contribution in [3.05, 3.63) is 30.3 Å². The van der Waals surface area contributed by atoms with Crippen molar-refractivity contribution in [3.63, 3.8) is 0 Å². The Morgan fingerprint density at radius 2 is 1.04 bits per heavy atom. The van der Waals surface area contributed by atoms with Crippen molar-refractivity contribution in [2.24, 2.45) is 0 Å². The summed E-state index contributed by atoms with van der Waals surface area (Å²) in [5, 5.41) is 0. The third-order valence-corrected chi connectivity index (χ3v) is 4.62. The lowest BCUT2D eigenvalue weighted by Crippen LogP contribution is -1.96. The lowest BCUT2D eigenvalue weighted by molar-refractivity contribution is 0.483. The van der Waals surface area contributed by atoms with Crippen LogP contribution in [0.15, 0.2) is 35.2 Å². The monoisotopic (exact) mass is 342 g/mol. The molecular formula is C19H34O3S. The fourth-order valence-corrected chi connectivity index (χ4v) is 2.83. The van der Waals surface area contributed by atoms with Gasteiger partial charge in [-0.2, -0.15) is 8.42 Å². The van der Waals surface area contributed by atoms with E-state index < -0.39 is 10.1 Å². The fourth-order valence-electron chi connectivity index (χ4n) is 2.33. The first-order chi connectivity index (χ1) is 11.0. The Hall–Kier alpha value is -0.870. The van der Waals surface area contributed by atoms with Gasteiger partial charge in [-0.3, -0.25) is 4.55 Å². The summed E-state index contributed by atoms with van der Waals surface area (Å²) in [6.45, 7) is 4.56. The van der Waals surface area contributed by atoms with Crippen LogP contribution in [0.4, 0.5) is 0 Å². The second kappa shape index (κ2) is 14.7. The molecule has 0 aliphatic carbocycles. The Labute approximate surface area is 143 Å². The highest BCUT2D eigenvalue weighted by atomic mass is 32.2. The first kappa shape index (κ1) is 22.1. The maximum absolute atomic E-state index is 10.4. The van der Waals surface area contributed by atoms with Gasteiger partial charge >= 0.3 is 0 Å². The highest BCUT2D eigenvalue weighted by Gasteiger charge is 2.05. The molecule has 0 aliphatic rings. The van der Waals surface area contributed by atoms with E-state index in [2.05, 4.69) is 13.8 Å². The highest BCUT2D eigenvalue weighted by Crippen LogP contribution is 2.10. The van der Waals surface area contributed by atoms with E-state index in [9.17, 15) is 8.42 Å². The molecule has 1 aromatic rings.